The molecule has 0 aliphatic rings. The maximum absolute atomic E-state index is 6.45. The number of hydrogen-bond acceptors (Lipinski definition) is 4. The van der Waals surface area contributed by atoms with Gasteiger partial charge in [-0.3, -0.25) is 0 Å². The SMILES string of the molecule is CCCC[O][Sn]([O]CCCC)([O]CCCC)[c]1ccccc1C(C)N. The molecule has 0 aliphatic heterocycles. The molecule has 2 N–H and O–H groups in total. The molecule has 0 spiro atoms. The van der Waals surface area contributed by atoms with Gasteiger partial charge in [0.15, 0.2) is 0 Å². The van der Waals surface area contributed by atoms with Gasteiger partial charge in [-0.1, -0.05) is 0 Å². The second-order valence-electron chi connectivity index (χ2n) is 6.54. The van der Waals surface area contributed by atoms with Gasteiger partial charge in [0.2, 0.25) is 0 Å². The zero-order valence-electron chi connectivity index (χ0n) is 16.6. The molecule has 0 heterocycles. The van der Waals surface area contributed by atoms with Gasteiger partial charge < -0.3 is 0 Å². The van der Waals surface area contributed by atoms with E-state index >= 15 is 0 Å². The summed E-state index contributed by atoms with van der Waals surface area (Å²) in [6.45, 7) is 10.6. The first-order valence-electron chi connectivity index (χ1n) is 9.88. The van der Waals surface area contributed by atoms with E-state index in [2.05, 4.69) is 32.9 Å². The fraction of sp³-hybridized carbons (Fsp3) is 0.700. The number of nitrogens with two attached hydrogens (primary N) is 1. The van der Waals surface area contributed by atoms with Crippen LogP contribution in [0.4, 0.5) is 0 Å². The molecule has 144 valence electrons. The van der Waals surface area contributed by atoms with Gasteiger partial charge in [0.1, 0.15) is 0 Å². The van der Waals surface area contributed by atoms with Gasteiger partial charge in [-0.15, -0.1) is 0 Å². The Kier molecular flexibility index (Phi) is 12.0. The second-order valence-corrected chi connectivity index (χ2v) is 13.7. The molecule has 0 aliphatic carbocycles. The Labute approximate surface area is 159 Å². The molecule has 25 heavy (non-hydrogen) atoms. The molecule has 1 aromatic rings. The van der Waals surface area contributed by atoms with Gasteiger partial charge >= 0.3 is 160 Å². The fourth-order valence-electron chi connectivity index (χ4n) is 2.58. The van der Waals surface area contributed by atoms with Crippen LogP contribution in [-0.2, 0) is 9.22 Å². The van der Waals surface area contributed by atoms with Gasteiger partial charge in [0.05, 0.1) is 0 Å². The van der Waals surface area contributed by atoms with Crippen LogP contribution in [0.1, 0.15) is 77.8 Å². The van der Waals surface area contributed by atoms with Crippen molar-refractivity contribution in [1.29, 1.82) is 0 Å². The van der Waals surface area contributed by atoms with Crippen molar-refractivity contribution in [3.8, 4) is 0 Å². The van der Waals surface area contributed by atoms with E-state index in [9.17, 15) is 0 Å². The van der Waals surface area contributed by atoms with Gasteiger partial charge in [-0.2, -0.15) is 0 Å². The minimum atomic E-state index is -3.90. The Balaban J connectivity index is 3.18. The summed E-state index contributed by atoms with van der Waals surface area (Å²) in [6.07, 6.45) is 6.36. The van der Waals surface area contributed by atoms with E-state index < -0.39 is 19.6 Å². The maximum atomic E-state index is 6.45. The first-order chi connectivity index (χ1) is 12.1. The van der Waals surface area contributed by atoms with E-state index in [4.69, 9.17) is 15.0 Å². The van der Waals surface area contributed by atoms with Crippen molar-refractivity contribution in [2.75, 3.05) is 19.8 Å². The third-order valence-electron chi connectivity index (χ3n) is 4.15. The van der Waals surface area contributed by atoms with E-state index in [1.54, 1.807) is 0 Å². The molecule has 0 amide bonds. The van der Waals surface area contributed by atoms with Crippen molar-refractivity contribution in [2.45, 2.75) is 72.3 Å². The summed E-state index contributed by atoms with van der Waals surface area (Å²) in [4.78, 5) is 0. The van der Waals surface area contributed by atoms with Crippen molar-refractivity contribution in [3.63, 3.8) is 0 Å². The van der Waals surface area contributed by atoms with E-state index in [0.29, 0.717) is 19.8 Å². The summed E-state index contributed by atoms with van der Waals surface area (Å²) < 4.78 is 20.5. The van der Waals surface area contributed by atoms with Gasteiger partial charge in [-0.05, 0) is 0 Å². The van der Waals surface area contributed by atoms with Gasteiger partial charge in [0, 0.05) is 0 Å². The second kappa shape index (κ2) is 13.1. The molecule has 0 bridgehead atoms. The monoisotopic (exact) mass is 459 g/mol. The minimum absolute atomic E-state index is 0.0633. The average molecular weight is 458 g/mol. The molecule has 0 saturated heterocycles. The molecule has 0 radical (unpaired) electrons. The number of hydrogen-bond donors (Lipinski definition) is 1. The zero-order valence-corrected chi connectivity index (χ0v) is 19.4. The molecule has 1 rings (SSSR count). The summed E-state index contributed by atoms with van der Waals surface area (Å²) in [6, 6.07) is 8.21. The third kappa shape index (κ3) is 7.55. The number of unbranched alkanes of at least 4 members (excludes halogenated alkanes) is 3. The molecule has 0 aromatic heterocycles. The molecular weight excluding hydrogens is 421 g/mol. The summed E-state index contributed by atoms with van der Waals surface area (Å²) >= 11 is -3.90. The van der Waals surface area contributed by atoms with Crippen LogP contribution in [0.25, 0.3) is 0 Å². The summed E-state index contributed by atoms with van der Waals surface area (Å²) in [5.41, 5.74) is 7.34. The first-order valence-corrected chi connectivity index (χ1v) is 14.8. The Morgan fingerprint density at radius 3 is 1.68 bits per heavy atom. The Bertz CT molecular complexity index is 441. The van der Waals surface area contributed by atoms with Crippen LogP contribution in [0, 0.1) is 0 Å². The zero-order chi connectivity index (χ0) is 18.5. The molecule has 4 nitrogen and oxygen atoms in total. The fourth-order valence-corrected chi connectivity index (χ4v) is 10.9. The van der Waals surface area contributed by atoms with Crippen LogP contribution in [0.5, 0.6) is 0 Å². The van der Waals surface area contributed by atoms with Crippen molar-refractivity contribution in [3.05, 3.63) is 29.8 Å². The summed E-state index contributed by atoms with van der Waals surface area (Å²) in [7, 11) is 0. The van der Waals surface area contributed by atoms with Crippen LogP contribution < -0.4 is 9.31 Å². The predicted molar refractivity (Wildman–Crippen MR) is 107 cm³/mol. The van der Waals surface area contributed by atoms with Crippen molar-refractivity contribution in [2.24, 2.45) is 5.73 Å². The average Bonchev–Trinajstić information content (AvgIpc) is 2.62. The van der Waals surface area contributed by atoms with Gasteiger partial charge in [0.25, 0.3) is 0 Å². The number of benzene rings is 1. The normalized spacial score (nSPS) is 13.2. The first kappa shape index (κ1) is 22.9. The van der Waals surface area contributed by atoms with E-state index in [1.807, 2.05) is 19.1 Å². The van der Waals surface area contributed by atoms with Gasteiger partial charge in [-0.25, -0.2) is 0 Å². The molecular formula is C20H37NO3Sn. The van der Waals surface area contributed by atoms with E-state index in [0.717, 1.165) is 47.7 Å². The molecule has 1 aromatic carbocycles. The van der Waals surface area contributed by atoms with E-state index in [1.165, 1.54) is 0 Å². The number of rotatable bonds is 14. The predicted octanol–water partition coefficient (Wildman–Crippen LogP) is 4.30. The Hall–Kier alpha value is -0.141. The molecule has 5 heteroatoms. The van der Waals surface area contributed by atoms with Crippen LogP contribution in [0.3, 0.4) is 0 Å². The topological polar surface area (TPSA) is 53.7 Å². The Morgan fingerprint density at radius 2 is 1.28 bits per heavy atom. The van der Waals surface area contributed by atoms with Crippen LogP contribution >= 0.6 is 0 Å². The molecule has 0 fully saturated rings. The molecule has 1 atom stereocenters. The molecule has 0 saturated carbocycles. The quantitative estimate of drug-likeness (QED) is 0.334. The standard InChI is InChI=1S/C8H10N.3C4H9O.Sn/c1-7(9)8-5-3-2-4-6-8;3*1-2-3-4-5;/h2-5,7H,9H2,1H3;3*2-4H2,1H3;/q;3*-1;+3. The van der Waals surface area contributed by atoms with E-state index in [-0.39, 0.29) is 6.04 Å². The summed E-state index contributed by atoms with van der Waals surface area (Å²) in [5, 5.41) is 0. The van der Waals surface area contributed by atoms with Crippen LogP contribution in [0.2, 0.25) is 0 Å². The van der Waals surface area contributed by atoms with Crippen molar-refractivity contribution >= 4 is 23.2 Å². The summed E-state index contributed by atoms with van der Waals surface area (Å²) in [5.74, 6) is 0. The van der Waals surface area contributed by atoms with Crippen molar-refractivity contribution < 1.29 is 9.22 Å². The third-order valence-corrected chi connectivity index (χ3v) is 12.3. The van der Waals surface area contributed by atoms with Crippen molar-refractivity contribution in [1.82, 2.24) is 0 Å². The Morgan fingerprint density at radius 1 is 0.840 bits per heavy atom. The van der Waals surface area contributed by atoms with Crippen LogP contribution in [-0.4, -0.2) is 39.4 Å². The van der Waals surface area contributed by atoms with Crippen LogP contribution in [0.15, 0.2) is 24.3 Å². The molecule has 1 unspecified atom stereocenters.